The van der Waals surface area contributed by atoms with Crippen molar-refractivity contribution in [2.75, 3.05) is 39.1 Å². The number of anilines is 1. The van der Waals surface area contributed by atoms with Crippen LogP contribution in [0.2, 0.25) is 0 Å². The zero-order valence-electron chi connectivity index (χ0n) is 17.0. The Morgan fingerprint density at radius 2 is 2.21 bits per heavy atom. The molecule has 1 amide bonds. The molecular formula is C20H28N4O5. The topological polar surface area (TPSA) is 123 Å². The smallest absolute Gasteiger partial charge is 0.407 e. The maximum Gasteiger partial charge on any atom is 0.407 e. The highest BCUT2D eigenvalue weighted by Gasteiger charge is 2.35. The van der Waals surface area contributed by atoms with Gasteiger partial charge in [0.1, 0.15) is 17.3 Å². The summed E-state index contributed by atoms with van der Waals surface area (Å²) in [5.74, 6) is 1.69. The lowest BCUT2D eigenvalue weighted by atomic mass is 9.82. The van der Waals surface area contributed by atoms with E-state index in [0.717, 1.165) is 5.56 Å². The zero-order valence-corrected chi connectivity index (χ0v) is 17.0. The number of nitrogens with two attached hydrogens (primary N) is 1. The Balaban J connectivity index is 1.69. The molecule has 0 spiro atoms. The van der Waals surface area contributed by atoms with Gasteiger partial charge in [-0.1, -0.05) is 19.9 Å². The minimum atomic E-state index is -0.912. The van der Waals surface area contributed by atoms with E-state index in [1.54, 1.807) is 13.2 Å². The SMILES string of the molecule is COc1cccc(OCCC(C)(C)[C@H]2CN(C(=O)O)CCO2)c1-c1cc(N)n[nH]1. The highest BCUT2D eigenvalue weighted by Crippen LogP contribution is 2.38. The third-order valence-electron chi connectivity index (χ3n) is 5.29. The summed E-state index contributed by atoms with van der Waals surface area (Å²) in [4.78, 5) is 12.7. The first-order chi connectivity index (χ1) is 13.8. The Kier molecular flexibility index (Phi) is 6.17. The van der Waals surface area contributed by atoms with Crippen LogP contribution in [-0.2, 0) is 4.74 Å². The lowest BCUT2D eigenvalue weighted by Crippen LogP contribution is -2.50. The lowest BCUT2D eigenvalue weighted by Gasteiger charge is -2.40. The normalized spacial score (nSPS) is 17.2. The van der Waals surface area contributed by atoms with E-state index >= 15 is 0 Å². The molecule has 29 heavy (non-hydrogen) atoms. The van der Waals surface area contributed by atoms with E-state index in [0.29, 0.717) is 55.7 Å². The molecule has 0 bridgehead atoms. The van der Waals surface area contributed by atoms with Gasteiger partial charge in [-0.15, -0.1) is 0 Å². The van der Waals surface area contributed by atoms with E-state index < -0.39 is 6.09 Å². The zero-order chi connectivity index (χ0) is 21.0. The number of rotatable bonds is 7. The summed E-state index contributed by atoms with van der Waals surface area (Å²) in [6.07, 6.45) is -0.411. The van der Waals surface area contributed by atoms with Gasteiger partial charge in [-0.3, -0.25) is 5.10 Å². The quantitative estimate of drug-likeness (QED) is 0.648. The molecule has 4 N–H and O–H groups in total. The molecule has 1 fully saturated rings. The molecule has 0 unspecified atom stereocenters. The average molecular weight is 404 g/mol. The molecule has 3 rings (SSSR count). The Morgan fingerprint density at radius 1 is 1.45 bits per heavy atom. The summed E-state index contributed by atoms with van der Waals surface area (Å²) in [6.45, 7) is 5.73. The molecule has 2 heterocycles. The summed E-state index contributed by atoms with van der Waals surface area (Å²) in [7, 11) is 1.60. The Morgan fingerprint density at radius 3 is 2.86 bits per heavy atom. The molecule has 0 aliphatic carbocycles. The fourth-order valence-electron chi connectivity index (χ4n) is 3.41. The van der Waals surface area contributed by atoms with Crippen LogP contribution in [0.3, 0.4) is 0 Å². The Hall–Kier alpha value is -2.94. The maximum atomic E-state index is 11.3. The van der Waals surface area contributed by atoms with Crippen LogP contribution in [0.25, 0.3) is 11.3 Å². The van der Waals surface area contributed by atoms with Crippen LogP contribution < -0.4 is 15.2 Å². The number of aromatic amines is 1. The first-order valence-corrected chi connectivity index (χ1v) is 9.52. The molecule has 1 aliphatic heterocycles. The number of H-pyrrole nitrogens is 1. The number of hydrogen-bond acceptors (Lipinski definition) is 6. The van der Waals surface area contributed by atoms with E-state index in [9.17, 15) is 9.90 Å². The third kappa shape index (κ3) is 4.73. The molecule has 1 aromatic carbocycles. The minimum absolute atomic E-state index is 0.187. The number of morpholine rings is 1. The van der Waals surface area contributed by atoms with Crippen LogP contribution in [0.5, 0.6) is 11.5 Å². The highest BCUT2D eigenvalue weighted by molar-refractivity contribution is 5.75. The standard InChI is InChI=1S/C20H28N4O5/c1-20(2,16-12-24(19(25)26)8-10-29-16)7-9-28-15-6-4-5-14(27-3)18(15)13-11-17(21)23-22-13/h4-6,11,16H,7-10,12H2,1-3H3,(H,25,26)(H3,21,22,23)/t16-/m1/s1. The summed E-state index contributed by atoms with van der Waals surface area (Å²) in [6, 6.07) is 7.30. The molecule has 1 atom stereocenters. The van der Waals surface area contributed by atoms with Crippen LogP contribution in [-0.4, -0.2) is 65.8 Å². The number of nitrogen functional groups attached to an aromatic ring is 1. The van der Waals surface area contributed by atoms with Crippen molar-refractivity contribution in [3.8, 4) is 22.8 Å². The van der Waals surface area contributed by atoms with Gasteiger partial charge in [0.05, 0.1) is 44.2 Å². The van der Waals surface area contributed by atoms with Gasteiger partial charge in [-0.2, -0.15) is 5.10 Å². The first kappa shape index (κ1) is 20.8. The fraction of sp³-hybridized carbons (Fsp3) is 0.500. The number of ether oxygens (including phenoxy) is 3. The second-order valence-electron chi connectivity index (χ2n) is 7.71. The van der Waals surface area contributed by atoms with E-state index in [1.807, 2.05) is 18.2 Å². The van der Waals surface area contributed by atoms with Gasteiger partial charge in [0, 0.05) is 12.6 Å². The Labute approximate surface area is 169 Å². The summed E-state index contributed by atoms with van der Waals surface area (Å²) >= 11 is 0. The van der Waals surface area contributed by atoms with Crippen LogP contribution in [0, 0.1) is 5.41 Å². The Bertz CT molecular complexity index is 851. The second-order valence-corrected chi connectivity index (χ2v) is 7.71. The van der Waals surface area contributed by atoms with Crippen molar-refractivity contribution in [2.24, 2.45) is 5.41 Å². The average Bonchev–Trinajstić information content (AvgIpc) is 3.13. The summed E-state index contributed by atoms with van der Waals surface area (Å²) in [5, 5.41) is 16.1. The number of carboxylic acid groups (broad SMARTS) is 1. The molecule has 9 heteroatoms. The van der Waals surface area contributed by atoms with Gasteiger partial charge >= 0.3 is 6.09 Å². The number of hydrogen-bond donors (Lipinski definition) is 3. The fourth-order valence-corrected chi connectivity index (χ4v) is 3.41. The predicted molar refractivity (Wildman–Crippen MR) is 108 cm³/mol. The van der Waals surface area contributed by atoms with Crippen molar-refractivity contribution in [2.45, 2.75) is 26.4 Å². The molecule has 1 aliphatic rings. The van der Waals surface area contributed by atoms with Crippen molar-refractivity contribution in [3.05, 3.63) is 24.3 Å². The number of nitrogens with zero attached hydrogens (tertiary/aromatic N) is 2. The molecule has 9 nitrogen and oxygen atoms in total. The number of carbonyl (C=O) groups is 1. The predicted octanol–water partition coefficient (Wildman–Crippen LogP) is 2.84. The van der Waals surface area contributed by atoms with Gasteiger partial charge in [0.25, 0.3) is 0 Å². The highest BCUT2D eigenvalue weighted by atomic mass is 16.5. The van der Waals surface area contributed by atoms with E-state index in [1.165, 1.54) is 4.90 Å². The van der Waals surface area contributed by atoms with Gasteiger partial charge in [0.2, 0.25) is 0 Å². The van der Waals surface area contributed by atoms with Gasteiger partial charge < -0.3 is 30.0 Å². The van der Waals surface area contributed by atoms with E-state index in [2.05, 4.69) is 24.0 Å². The third-order valence-corrected chi connectivity index (χ3v) is 5.29. The number of nitrogens with one attached hydrogen (secondary N) is 1. The molecular weight excluding hydrogens is 376 g/mol. The largest absolute Gasteiger partial charge is 0.496 e. The molecule has 158 valence electrons. The van der Waals surface area contributed by atoms with Crippen molar-refractivity contribution >= 4 is 11.9 Å². The van der Waals surface area contributed by atoms with Crippen LogP contribution in [0.4, 0.5) is 10.6 Å². The number of amides is 1. The lowest BCUT2D eigenvalue weighted by molar-refractivity contribution is -0.0831. The molecule has 1 saturated heterocycles. The maximum absolute atomic E-state index is 11.3. The van der Waals surface area contributed by atoms with Crippen molar-refractivity contribution < 1.29 is 24.1 Å². The minimum Gasteiger partial charge on any atom is -0.496 e. The number of methoxy groups -OCH3 is 1. The molecule has 0 saturated carbocycles. The second kappa shape index (κ2) is 8.60. The summed E-state index contributed by atoms with van der Waals surface area (Å²) < 4.78 is 17.4. The van der Waals surface area contributed by atoms with E-state index in [4.69, 9.17) is 19.9 Å². The van der Waals surface area contributed by atoms with Gasteiger partial charge in [-0.05, 0) is 24.0 Å². The molecule has 0 radical (unpaired) electrons. The van der Waals surface area contributed by atoms with Crippen molar-refractivity contribution in [3.63, 3.8) is 0 Å². The monoisotopic (exact) mass is 404 g/mol. The van der Waals surface area contributed by atoms with Crippen LogP contribution >= 0.6 is 0 Å². The van der Waals surface area contributed by atoms with Crippen LogP contribution in [0.1, 0.15) is 20.3 Å². The van der Waals surface area contributed by atoms with Gasteiger partial charge in [-0.25, -0.2) is 4.79 Å². The van der Waals surface area contributed by atoms with Crippen molar-refractivity contribution in [1.29, 1.82) is 0 Å². The molecule has 2 aromatic rings. The summed E-state index contributed by atoms with van der Waals surface area (Å²) in [5.41, 5.74) is 6.95. The van der Waals surface area contributed by atoms with Crippen LogP contribution in [0.15, 0.2) is 24.3 Å². The first-order valence-electron chi connectivity index (χ1n) is 9.52. The molecule has 1 aromatic heterocycles. The van der Waals surface area contributed by atoms with E-state index in [-0.39, 0.29) is 11.5 Å². The number of aromatic nitrogens is 2. The van der Waals surface area contributed by atoms with Gasteiger partial charge in [0.15, 0.2) is 0 Å². The number of benzene rings is 1. The van der Waals surface area contributed by atoms with Crippen molar-refractivity contribution in [1.82, 2.24) is 15.1 Å².